The number of Topliss-reactive ketones (excluding diaryl/α,β-unsaturated/α-hetero) is 1. The molecule has 0 aliphatic carbocycles. The van der Waals surface area contributed by atoms with E-state index in [1.54, 1.807) is 30.3 Å². The van der Waals surface area contributed by atoms with Crippen LogP contribution in [0, 0.1) is 26.7 Å². The van der Waals surface area contributed by atoms with Gasteiger partial charge in [0.25, 0.3) is 11.7 Å². The number of hydrogen-bond donors (Lipinski definition) is 1. The Morgan fingerprint density at radius 3 is 2.47 bits per heavy atom. The van der Waals surface area contributed by atoms with Crippen molar-refractivity contribution in [2.24, 2.45) is 5.92 Å². The second-order valence-corrected chi connectivity index (χ2v) is 9.16. The molecule has 1 amide bonds. The molecule has 176 valence electrons. The Hall–Kier alpha value is -3.80. The molecule has 1 fully saturated rings. The second kappa shape index (κ2) is 9.21. The number of aliphatic hydroxyl groups excluding tert-OH is 1. The van der Waals surface area contributed by atoms with E-state index in [0.29, 0.717) is 35.3 Å². The monoisotopic (exact) mass is 459 g/mol. The molecular formula is C28H29NO5. The summed E-state index contributed by atoms with van der Waals surface area (Å²) < 4.78 is 11.5. The number of rotatable bonds is 6. The standard InChI is InChI=1S/C28H29NO5/c1-16(2)15-34-22-11-10-20(14-19(22)5)26(30)24-25(23-7-6-12-33-23)29(28(32)27(24)31)21-13-17(3)8-9-18(21)4/h6-14,16,25,30H,15H2,1-5H3/b26-24-. The summed E-state index contributed by atoms with van der Waals surface area (Å²) in [5.74, 6) is -0.213. The zero-order valence-corrected chi connectivity index (χ0v) is 20.1. The third-order valence-corrected chi connectivity index (χ3v) is 5.90. The number of furan rings is 1. The van der Waals surface area contributed by atoms with Crippen LogP contribution in [0.25, 0.3) is 5.76 Å². The first-order valence-corrected chi connectivity index (χ1v) is 11.3. The van der Waals surface area contributed by atoms with E-state index in [9.17, 15) is 14.7 Å². The number of amides is 1. The van der Waals surface area contributed by atoms with Crippen LogP contribution in [0.15, 0.2) is 64.8 Å². The number of nitrogens with zero attached hydrogens (tertiary/aromatic N) is 1. The van der Waals surface area contributed by atoms with Crippen LogP contribution >= 0.6 is 0 Å². The maximum atomic E-state index is 13.3. The molecule has 1 aromatic heterocycles. The zero-order valence-electron chi connectivity index (χ0n) is 20.1. The van der Waals surface area contributed by atoms with E-state index >= 15 is 0 Å². The van der Waals surface area contributed by atoms with Crippen molar-refractivity contribution < 1.29 is 23.8 Å². The predicted octanol–water partition coefficient (Wildman–Crippen LogP) is 5.87. The maximum Gasteiger partial charge on any atom is 0.300 e. The van der Waals surface area contributed by atoms with Gasteiger partial charge in [0.15, 0.2) is 0 Å². The number of aryl methyl sites for hydroxylation is 3. The Morgan fingerprint density at radius 2 is 1.82 bits per heavy atom. The number of carbonyl (C=O) groups is 2. The summed E-state index contributed by atoms with van der Waals surface area (Å²) in [6.45, 7) is 10.4. The molecule has 1 aliphatic rings. The third kappa shape index (κ3) is 4.23. The number of aliphatic hydroxyl groups is 1. The van der Waals surface area contributed by atoms with E-state index in [-0.39, 0.29) is 11.3 Å². The van der Waals surface area contributed by atoms with Crippen LogP contribution in [-0.4, -0.2) is 23.4 Å². The highest BCUT2D eigenvalue weighted by Crippen LogP contribution is 2.43. The summed E-state index contributed by atoms with van der Waals surface area (Å²) in [5, 5.41) is 11.3. The molecule has 1 atom stereocenters. The van der Waals surface area contributed by atoms with Gasteiger partial charge in [-0.15, -0.1) is 0 Å². The highest BCUT2D eigenvalue weighted by molar-refractivity contribution is 6.51. The van der Waals surface area contributed by atoms with Crippen molar-refractivity contribution in [3.63, 3.8) is 0 Å². The first-order valence-electron chi connectivity index (χ1n) is 11.3. The lowest BCUT2D eigenvalue weighted by atomic mass is 9.98. The van der Waals surface area contributed by atoms with Gasteiger partial charge in [0.1, 0.15) is 23.3 Å². The Labute approximate surface area is 199 Å². The number of hydrogen-bond acceptors (Lipinski definition) is 5. The number of carbonyl (C=O) groups excluding carboxylic acids is 2. The highest BCUT2D eigenvalue weighted by atomic mass is 16.5. The molecule has 1 N–H and O–H groups in total. The van der Waals surface area contributed by atoms with E-state index in [1.807, 2.05) is 39.0 Å². The fourth-order valence-corrected chi connectivity index (χ4v) is 4.15. The van der Waals surface area contributed by atoms with Crippen molar-refractivity contribution in [3.05, 3.63) is 88.4 Å². The fourth-order valence-electron chi connectivity index (χ4n) is 4.15. The van der Waals surface area contributed by atoms with Crippen LogP contribution in [0.1, 0.15) is 47.9 Å². The average Bonchev–Trinajstić information content (AvgIpc) is 3.41. The topological polar surface area (TPSA) is 80.0 Å². The van der Waals surface area contributed by atoms with Gasteiger partial charge in [-0.25, -0.2) is 0 Å². The van der Waals surface area contributed by atoms with E-state index < -0.39 is 17.7 Å². The van der Waals surface area contributed by atoms with Crippen LogP contribution in [0.5, 0.6) is 5.75 Å². The lowest BCUT2D eigenvalue weighted by molar-refractivity contribution is -0.132. The number of ether oxygens (including phenoxy) is 1. The van der Waals surface area contributed by atoms with Gasteiger partial charge in [0, 0.05) is 11.3 Å². The van der Waals surface area contributed by atoms with Gasteiger partial charge in [-0.05, 0) is 79.8 Å². The van der Waals surface area contributed by atoms with Gasteiger partial charge in [-0.2, -0.15) is 0 Å². The van der Waals surface area contributed by atoms with Gasteiger partial charge in [0.2, 0.25) is 0 Å². The van der Waals surface area contributed by atoms with Crippen molar-refractivity contribution >= 4 is 23.1 Å². The molecule has 2 heterocycles. The summed E-state index contributed by atoms with van der Waals surface area (Å²) in [4.78, 5) is 27.9. The van der Waals surface area contributed by atoms with Gasteiger partial charge < -0.3 is 14.3 Å². The predicted molar refractivity (Wildman–Crippen MR) is 131 cm³/mol. The molecule has 1 aliphatic heterocycles. The lowest BCUT2D eigenvalue weighted by Crippen LogP contribution is -2.30. The minimum atomic E-state index is -0.882. The lowest BCUT2D eigenvalue weighted by Gasteiger charge is -2.25. The van der Waals surface area contributed by atoms with E-state index in [4.69, 9.17) is 9.15 Å². The summed E-state index contributed by atoms with van der Waals surface area (Å²) in [6, 6.07) is 13.5. The van der Waals surface area contributed by atoms with E-state index in [2.05, 4.69) is 13.8 Å². The minimum Gasteiger partial charge on any atom is -0.507 e. The summed E-state index contributed by atoms with van der Waals surface area (Å²) in [7, 11) is 0. The molecule has 1 saturated heterocycles. The first kappa shape index (κ1) is 23.4. The molecule has 0 bridgehead atoms. The fraction of sp³-hybridized carbons (Fsp3) is 0.286. The summed E-state index contributed by atoms with van der Waals surface area (Å²) in [5.41, 5.74) is 3.65. The first-order chi connectivity index (χ1) is 16.2. The number of anilines is 1. The van der Waals surface area contributed by atoms with Crippen molar-refractivity contribution in [2.75, 3.05) is 11.5 Å². The zero-order chi connectivity index (χ0) is 24.6. The molecule has 4 rings (SSSR count). The largest absolute Gasteiger partial charge is 0.507 e. The molecule has 1 unspecified atom stereocenters. The van der Waals surface area contributed by atoms with Crippen molar-refractivity contribution in [2.45, 2.75) is 40.7 Å². The van der Waals surface area contributed by atoms with Crippen LogP contribution in [0.4, 0.5) is 5.69 Å². The van der Waals surface area contributed by atoms with Gasteiger partial charge >= 0.3 is 0 Å². The number of ketones is 1. The van der Waals surface area contributed by atoms with Crippen molar-refractivity contribution in [1.82, 2.24) is 0 Å². The van der Waals surface area contributed by atoms with Gasteiger partial charge in [-0.3, -0.25) is 14.5 Å². The average molecular weight is 460 g/mol. The van der Waals surface area contributed by atoms with Crippen LogP contribution in [0.2, 0.25) is 0 Å². The molecular weight excluding hydrogens is 430 g/mol. The molecule has 6 heteroatoms. The SMILES string of the molecule is Cc1ccc(C)c(N2C(=O)C(=O)/C(=C(\O)c3ccc(OCC(C)C)c(C)c3)C2c2ccco2)c1. The van der Waals surface area contributed by atoms with Crippen LogP contribution in [0.3, 0.4) is 0 Å². The Balaban J connectivity index is 1.84. The Kier molecular flexibility index (Phi) is 6.33. The van der Waals surface area contributed by atoms with Crippen LogP contribution in [-0.2, 0) is 9.59 Å². The minimum absolute atomic E-state index is 0.00361. The Morgan fingerprint density at radius 1 is 1.06 bits per heavy atom. The number of benzene rings is 2. The normalized spacial score (nSPS) is 17.6. The van der Waals surface area contributed by atoms with Crippen LogP contribution < -0.4 is 9.64 Å². The van der Waals surface area contributed by atoms with Gasteiger partial charge in [-0.1, -0.05) is 26.0 Å². The summed E-state index contributed by atoms with van der Waals surface area (Å²) in [6.07, 6.45) is 1.49. The van der Waals surface area contributed by atoms with Crippen molar-refractivity contribution in [1.29, 1.82) is 0 Å². The third-order valence-electron chi connectivity index (χ3n) is 5.90. The van der Waals surface area contributed by atoms with Gasteiger partial charge in [0.05, 0.1) is 18.4 Å². The summed E-state index contributed by atoms with van der Waals surface area (Å²) >= 11 is 0. The smallest absolute Gasteiger partial charge is 0.300 e. The molecule has 6 nitrogen and oxygen atoms in total. The maximum absolute atomic E-state index is 13.3. The molecule has 0 saturated carbocycles. The quantitative estimate of drug-likeness (QED) is 0.283. The highest BCUT2D eigenvalue weighted by Gasteiger charge is 2.48. The molecule has 2 aromatic carbocycles. The van der Waals surface area contributed by atoms with E-state index in [1.165, 1.54) is 11.2 Å². The van der Waals surface area contributed by atoms with E-state index in [0.717, 1.165) is 16.7 Å². The molecule has 34 heavy (non-hydrogen) atoms. The molecule has 0 radical (unpaired) electrons. The molecule has 3 aromatic rings. The van der Waals surface area contributed by atoms with Crippen molar-refractivity contribution in [3.8, 4) is 5.75 Å². The Bertz CT molecular complexity index is 1270. The molecule has 0 spiro atoms. The second-order valence-electron chi connectivity index (χ2n) is 9.16.